The lowest BCUT2D eigenvalue weighted by Gasteiger charge is -2.33. The van der Waals surface area contributed by atoms with Gasteiger partial charge in [0.25, 0.3) is 0 Å². The number of benzene rings is 1. The molecule has 6 nitrogen and oxygen atoms in total. The average molecular weight is 446 g/mol. The molecular formula is C18H15ClF3N3O3S. The summed E-state index contributed by atoms with van der Waals surface area (Å²) in [7, 11) is 1.61. The quantitative estimate of drug-likeness (QED) is 0.445. The van der Waals surface area contributed by atoms with E-state index in [0.29, 0.717) is 21.9 Å². The number of pyridine rings is 1. The Morgan fingerprint density at radius 2 is 1.93 bits per heavy atom. The first kappa shape index (κ1) is 20.0. The third-order valence-corrected chi connectivity index (χ3v) is 5.62. The van der Waals surface area contributed by atoms with Crippen molar-refractivity contribution in [2.75, 3.05) is 7.11 Å². The summed E-state index contributed by atoms with van der Waals surface area (Å²) in [5, 5.41) is -3.28. The minimum absolute atomic E-state index is 0.259. The molecule has 0 spiro atoms. The summed E-state index contributed by atoms with van der Waals surface area (Å²) < 4.78 is 55.4. The number of halogens is 4. The van der Waals surface area contributed by atoms with Crippen LogP contribution in [0.2, 0.25) is 0 Å². The lowest BCUT2D eigenvalue weighted by Crippen LogP contribution is -2.51. The van der Waals surface area contributed by atoms with Crippen LogP contribution in [0.25, 0.3) is 11.0 Å². The van der Waals surface area contributed by atoms with E-state index in [0.717, 1.165) is 22.6 Å². The first-order valence-corrected chi connectivity index (χ1v) is 9.77. The first-order valence-electron chi connectivity index (χ1n) is 8.40. The second-order valence-corrected chi connectivity index (χ2v) is 7.88. The van der Waals surface area contributed by atoms with Crippen molar-refractivity contribution in [2.45, 2.75) is 36.2 Å². The molecule has 1 aliphatic heterocycles. The third kappa shape index (κ3) is 3.44. The molecule has 0 fully saturated rings. The van der Waals surface area contributed by atoms with Crippen molar-refractivity contribution >= 4 is 34.4 Å². The molecule has 29 heavy (non-hydrogen) atoms. The normalized spacial score (nSPS) is 20.1. The third-order valence-electron chi connectivity index (χ3n) is 4.44. The number of hydrogen-bond donors (Lipinski definition) is 1. The minimum atomic E-state index is -4.33. The van der Waals surface area contributed by atoms with E-state index in [2.05, 4.69) is 24.4 Å². The zero-order valence-corrected chi connectivity index (χ0v) is 17.1. The number of methoxy groups -OCH3 is 1. The van der Waals surface area contributed by atoms with Gasteiger partial charge in [-0.3, -0.25) is 4.98 Å². The van der Waals surface area contributed by atoms with Gasteiger partial charge in [0.05, 0.1) is 23.8 Å². The van der Waals surface area contributed by atoms with Crippen LogP contribution in [0.3, 0.4) is 0 Å². The van der Waals surface area contributed by atoms with Gasteiger partial charge in [0.15, 0.2) is 16.7 Å². The molecule has 1 atom stereocenters. The van der Waals surface area contributed by atoms with Crippen molar-refractivity contribution in [3.05, 3.63) is 35.2 Å². The van der Waals surface area contributed by atoms with Crippen LogP contribution in [-0.4, -0.2) is 33.5 Å². The molecule has 0 amide bonds. The van der Waals surface area contributed by atoms with E-state index in [9.17, 15) is 13.2 Å². The molecule has 0 aliphatic carbocycles. The maximum absolute atomic E-state index is 13.8. The zero-order chi connectivity index (χ0) is 21.0. The smallest absolute Gasteiger partial charge is 0.488 e. The van der Waals surface area contributed by atoms with E-state index in [4.69, 9.17) is 16.3 Å². The molecule has 0 bridgehead atoms. The van der Waals surface area contributed by atoms with Gasteiger partial charge < -0.3 is 19.2 Å². The highest BCUT2D eigenvalue weighted by molar-refractivity contribution is 7.98. The Hall–Kier alpha value is -2.33. The van der Waals surface area contributed by atoms with Gasteiger partial charge in [0.1, 0.15) is 5.75 Å². The fourth-order valence-corrected chi connectivity index (χ4v) is 4.00. The maximum atomic E-state index is 13.8. The van der Waals surface area contributed by atoms with E-state index in [1.54, 1.807) is 13.3 Å². The highest BCUT2D eigenvalue weighted by Crippen LogP contribution is 2.49. The number of nitrogens with one attached hydrogen (secondary N) is 1. The van der Waals surface area contributed by atoms with Crippen molar-refractivity contribution < 1.29 is 27.4 Å². The summed E-state index contributed by atoms with van der Waals surface area (Å²) in [6.45, 7) is 3.84. The molecule has 1 aliphatic rings. The largest absolute Gasteiger partial charge is 0.496 e. The van der Waals surface area contributed by atoms with Crippen LogP contribution >= 0.6 is 23.4 Å². The van der Waals surface area contributed by atoms with E-state index >= 15 is 0 Å². The van der Waals surface area contributed by atoms with E-state index in [-0.39, 0.29) is 11.5 Å². The molecule has 1 unspecified atom stereocenters. The van der Waals surface area contributed by atoms with Gasteiger partial charge in [0, 0.05) is 35.2 Å². The van der Waals surface area contributed by atoms with Crippen molar-refractivity contribution in [1.82, 2.24) is 15.0 Å². The number of H-pyrrole nitrogens is 1. The van der Waals surface area contributed by atoms with Crippen molar-refractivity contribution in [1.29, 1.82) is 0 Å². The summed E-state index contributed by atoms with van der Waals surface area (Å²) in [4.78, 5) is 11.8. The number of hydrogen-bond acceptors (Lipinski definition) is 6. The van der Waals surface area contributed by atoms with Crippen LogP contribution < -0.4 is 14.2 Å². The Morgan fingerprint density at radius 3 is 2.66 bits per heavy atom. The van der Waals surface area contributed by atoms with Gasteiger partial charge in [-0.1, -0.05) is 11.8 Å². The molecule has 3 aromatic rings. The van der Waals surface area contributed by atoms with Crippen molar-refractivity contribution in [3.8, 4) is 17.2 Å². The van der Waals surface area contributed by atoms with Gasteiger partial charge in [0.2, 0.25) is 0 Å². The number of fused-ring (bicyclic) bond motifs is 2. The molecule has 4 rings (SSSR count). The number of alkyl halides is 4. The molecule has 1 N–H and O–H groups in total. The van der Waals surface area contributed by atoms with Gasteiger partial charge in [-0.2, -0.15) is 13.2 Å². The summed E-state index contributed by atoms with van der Waals surface area (Å²) in [6, 6.07) is 2.55. The van der Waals surface area contributed by atoms with Crippen LogP contribution in [0.1, 0.15) is 16.8 Å². The summed E-state index contributed by atoms with van der Waals surface area (Å²) in [6.07, 6.45) is -2.60. The van der Waals surface area contributed by atoms with Gasteiger partial charge >= 0.3 is 11.4 Å². The molecule has 2 aromatic heterocycles. The molecule has 11 heteroatoms. The highest BCUT2D eigenvalue weighted by atomic mass is 35.5. The number of ether oxygens (including phenoxy) is 3. The van der Waals surface area contributed by atoms with Gasteiger partial charge in [-0.05, 0) is 25.4 Å². The van der Waals surface area contributed by atoms with E-state index in [1.165, 1.54) is 23.9 Å². The van der Waals surface area contributed by atoms with Crippen LogP contribution in [0.5, 0.6) is 17.2 Å². The minimum Gasteiger partial charge on any atom is -0.496 e. The van der Waals surface area contributed by atoms with Gasteiger partial charge in [-0.25, -0.2) is 4.98 Å². The maximum Gasteiger partial charge on any atom is 0.488 e. The summed E-state index contributed by atoms with van der Waals surface area (Å²) in [5.41, 5.74) is 3.51. The fraction of sp³-hybridized carbons (Fsp3) is 0.333. The Bertz CT molecular complexity index is 1050. The molecule has 0 saturated carbocycles. The standard InChI is InChI=1S/C18H15ClF3N3O3S/c1-8-6-23-12(9(2)15(8)26-3)7-29-16-24-10-4-13-14(5-11(10)25-16)28-18(21,22)17(19,20)27-13/h4-6H,7H2,1-3H3,(H,24,25). The summed E-state index contributed by atoms with van der Waals surface area (Å²) >= 11 is 6.47. The van der Waals surface area contributed by atoms with Crippen LogP contribution in [0.15, 0.2) is 23.5 Å². The van der Waals surface area contributed by atoms with Gasteiger partial charge in [-0.15, -0.1) is 0 Å². The molecule has 0 saturated heterocycles. The van der Waals surface area contributed by atoms with Crippen molar-refractivity contribution in [3.63, 3.8) is 0 Å². The fourth-order valence-electron chi connectivity index (χ4n) is 2.97. The molecular weight excluding hydrogens is 431 g/mol. The van der Waals surface area contributed by atoms with Crippen LogP contribution in [0.4, 0.5) is 13.2 Å². The number of rotatable bonds is 4. The van der Waals surface area contributed by atoms with Crippen LogP contribution in [0, 0.1) is 13.8 Å². The molecule has 1 aromatic carbocycles. The second-order valence-electron chi connectivity index (χ2n) is 6.43. The number of thioether (sulfide) groups is 1. The predicted octanol–water partition coefficient (Wildman–Crippen LogP) is 5.10. The highest BCUT2D eigenvalue weighted by Gasteiger charge is 2.63. The van der Waals surface area contributed by atoms with E-state index < -0.39 is 11.4 Å². The molecule has 154 valence electrons. The summed E-state index contributed by atoms with van der Waals surface area (Å²) in [5.74, 6) is 0.684. The zero-order valence-electron chi connectivity index (χ0n) is 15.5. The number of aromatic nitrogens is 3. The SMILES string of the molecule is COc1c(C)cnc(CSc2nc3cc4c(cc3[nH]2)OC(F)(F)C(F)(Cl)O4)c1C. The number of nitrogens with zero attached hydrogens (tertiary/aromatic N) is 2. The van der Waals surface area contributed by atoms with Crippen LogP contribution in [-0.2, 0) is 5.75 Å². The lowest BCUT2D eigenvalue weighted by molar-refractivity contribution is -0.303. The molecule has 0 radical (unpaired) electrons. The Morgan fingerprint density at radius 1 is 1.21 bits per heavy atom. The number of imidazole rings is 1. The second kappa shape index (κ2) is 6.88. The number of aryl methyl sites for hydroxylation is 1. The Kier molecular flexibility index (Phi) is 4.73. The average Bonchev–Trinajstić information content (AvgIpc) is 3.01. The Balaban J connectivity index is 1.60. The predicted molar refractivity (Wildman–Crippen MR) is 102 cm³/mol. The first-order chi connectivity index (χ1) is 13.6. The van der Waals surface area contributed by atoms with E-state index in [1.807, 2.05) is 13.8 Å². The topological polar surface area (TPSA) is 69.3 Å². The van der Waals surface area contributed by atoms with Crippen molar-refractivity contribution in [2.24, 2.45) is 0 Å². The molecule has 3 heterocycles. The number of aromatic amines is 1. The lowest BCUT2D eigenvalue weighted by atomic mass is 10.1. The monoisotopic (exact) mass is 445 g/mol. The Labute approximate surface area is 172 Å².